The van der Waals surface area contributed by atoms with Crippen LogP contribution in [0.3, 0.4) is 0 Å². The molecule has 2 amide bonds. The quantitative estimate of drug-likeness (QED) is 0.849. The van der Waals surface area contributed by atoms with Crippen LogP contribution in [0.4, 0.5) is 5.69 Å². The van der Waals surface area contributed by atoms with Crippen LogP contribution in [0.1, 0.15) is 30.6 Å². The third-order valence-electron chi connectivity index (χ3n) is 3.95. The summed E-state index contributed by atoms with van der Waals surface area (Å²) in [5.41, 5.74) is 1.09. The molecule has 23 heavy (non-hydrogen) atoms. The fraction of sp³-hybridized carbons (Fsp3) is 0.500. The molecule has 0 bridgehead atoms. The molecule has 0 aliphatic carbocycles. The number of carbonyl (C=O) groups is 2. The minimum atomic E-state index is -0.0899. The number of carbonyl (C=O) groups excluding carboxylic acids is 2. The van der Waals surface area contributed by atoms with Crippen molar-refractivity contribution in [3.05, 3.63) is 28.8 Å². The van der Waals surface area contributed by atoms with Crippen LogP contribution in [0.15, 0.2) is 18.2 Å². The SMILES string of the molecule is CCN(CC)C(=O)c1ccc(NC(=O)C2CCNC2)cc1Cl.Cl. The van der Waals surface area contributed by atoms with Gasteiger partial charge in [-0.25, -0.2) is 0 Å². The maximum Gasteiger partial charge on any atom is 0.255 e. The molecule has 1 aromatic rings. The number of benzene rings is 1. The first kappa shape index (κ1) is 19.7. The topological polar surface area (TPSA) is 61.4 Å². The Labute approximate surface area is 148 Å². The fourth-order valence-electron chi connectivity index (χ4n) is 2.57. The van der Waals surface area contributed by atoms with E-state index in [2.05, 4.69) is 10.6 Å². The maximum atomic E-state index is 12.3. The average molecular weight is 360 g/mol. The van der Waals surface area contributed by atoms with Crippen molar-refractivity contribution < 1.29 is 9.59 Å². The van der Waals surface area contributed by atoms with Crippen molar-refractivity contribution in [2.45, 2.75) is 20.3 Å². The zero-order chi connectivity index (χ0) is 16.1. The Bertz CT molecular complexity index is 556. The van der Waals surface area contributed by atoms with Gasteiger partial charge in [-0.2, -0.15) is 0 Å². The molecule has 1 aliphatic heterocycles. The standard InChI is InChI=1S/C16H22ClN3O2.ClH/c1-3-20(4-2)16(22)13-6-5-12(9-14(13)17)19-15(21)11-7-8-18-10-11;/h5-6,9,11,18H,3-4,7-8,10H2,1-2H3,(H,19,21);1H. The molecule has 2 rings (SSSR count). The summed E-state index contributed by atoms with van der Waals surface area (Å²) in [4.78, 5) is 26.1. The Kier molecular flexibility index (Phi) is 7.82. The number of anilines is 1. The van der Waals surface area contributed by atoms with Gasteiger partial charge in [0.1, 0.15) is 0 Å². The van der Waals surface area contributed by atoms with Crippen LogP contribution in [0.5, 0.6) is 0 Å². The van der Waals surface area contributed by atoms with E-state index < -0.39 is 0 Å². The highest BCUT2D eigenvalue weighted by Crippen LogP contribution is 2.23. The molecule has 5 nitrogen and oxygen atoms in total. The van der Waals surface area contributed by atoms with E-state index in [1.54, 1.807) is 23.1 Å². The molecule has 1 saturated heterocycles. The van der Waals surface area contributed by atoms with Crippen LogP contribution in [-0.2, 0) is 4.79 Å². The smallest absolute Gasteiger partial charge is 0.255 e. The lowest BCUT2D eigenvalue weighted by Gasteiger charge is -2.19. The minimum Gasteiger partial charge on any atom is -0.339 e. The normalized spacial score (nSPS) is 16.6. The summed E-state index contributed by atoms with van der Waals surface area (Å²) in [6.45, 7) is 6.71. The third-order valence-corrected chi connectivity index (χ3v) is 4.26. The Hall–Kier alpha value is -1.30. The molecule has 1 fully saturated rings. The van der Waals surface area contributed by atoms with E-state index >= 15 is 0 Å². The van der Waals surface area contributed by atoms with Gasteiger partial charge in [-0.1, -0.05) is 11.6 Å². The predicted molar refractivity (Wildman–Crippen MR) is 95.6 cm³/mol. The first-order chi connectivity index (χ1) is 10.6. The van der Waals surface area contributed by atoms with E-state index in [-0.39, 0.29) is 30.1 Å². The van der Waals surface area contributed by atoms with Crippen molar-refractivity contribution >= 4 is 41.5 Å². The number of nitrogens with zero attached hydrogens (tertiary/aromatic N) is 1. The van der Waals surface area contributed by atoms with Crippen molar-refractivity contribution in [1.29, 1.82) is 0 Å². The fourth-order valence-corrected chi connectivity index (χ4v) is 2.83. The molecular weight excluding hydrogens is 337 g/mol. The molecule has 0 saturated carbocycles. The second-order valence-corrected chi connectivity index (χ2v) is 5.76. The first-order valence-electron chi connectivity index (χ1n) is 7.67. The summed E-state index contributed by atoms with van der Waals surface area (Å²) in [6, 6.07) is 5.03. The van der Waals surface area contributed by atoms with E-state index in [0.717, 1.165) is 13.0 Å². The van der Waals surface area contributed by atoms with Crippen LogP contribution in [0, 0.1) is 5.92 Å². The van der Waals surface area contributed by atoms with E-state index in [4.69, 9.17) is 11.6 Å². The molecule has 1 heterocycles. The largest absolute Gasteiger partial charge is 0.339 e. The molecule has 1 atom stereocenters. The lowest BCUT2D eigenvalue weighted by atomic mass is 10.1. The zero-order valence-corrected chi connectivity index (χ0v) is 15.0. The van der Waals surface area contributed by atoms with Gasteiger partial charge in [0.25, 0.3) is 5.91 Å². The zero-order valence-electron chi connectivity index (χ0n) is 13.4. The summed E-state index contributed by atoms with van der Waals surface area (Å²) in [5.74, 6) is -0.104. The van der Waals surface area contributed by atoms with Gasteiger partial charge in [0, 0.05) is 25.3 Å². The Morgan fingerprint density at radius 3 is 2.57 bits per heavy atom. The second kappa shape index (κ2) is 9.11. The molecule has 1 aromatic carbocycles. The van der Waals surface area contributed by atoms with Gasteiger partial charge < -0.3 is 15.5 Å². The molecule has 128 valence electrons. The number of nitrogens with one attached hydrogen (secondary N) is 2. The van der Waals surface area contributed by atoms with Gasteiger partial charge >= 0.3 is 0 Å². The van der Waals surface area contributed by atoms with Gasteiger partial charge in [0.2, 0.25) is 5.91 Å². The number of hydrogen-bond acceptors (Lipinski definition) is 3. The molecule has 2 N–H and O–H groups in total. The molecule has 0 aromatic heterocycles. The average Bonchev–Trinajstić information content (AvgIpc) is 3.02. The highest BCUT2D eigenvalue weighted by atomic mass is 35.5. The highest BCUT2D eigenvalue weighted by Gasteiger charge is 2.23. The molecule has 1 unspecified atom stereocenters. The van der Waals surface area contributed by atoms with E-state index in [1.807, 2.05) is 13.8 Å². The number of halogens is 2. The van der Waals surface area contributed by atoms with Crippen LogP contribution in [0.25, 0.3) is 0 Å². The van der Waals surface area contributed by atoms with Crippen LogP contribution >= 0.6 is 24.0 Å². The summed E-state index contributed by atoms with van der Waals surface area (Å²) in [5, 5.41) is 6.38. The summed E-state index contributed by atoms with van der Waals surface area (Å²) < 4.78 is 0. The Morgan fingerprint density at radius 2 is 2.04 bits per heavy atom. The van der Waals surface area contributed by atoms with Crippen molar-refractivity contribution in [2.24, 2.45) is 5.92 Å². The van der Waals surface area contributed by atoms with Crippen LogP contribution in [-0.4, -0.2) is 42.9 Å². The summed E-state index contributed by atoms with van der Waals surface area (Å²) in [7, 11) is 0. The van der Waals surface area contributed by atoms with E-state index in [1.165, 1.54) is 0 Å². The molecule has 1 aliphatic rings. The molecule has 0 radical (unpaired) electrons. The predicted octanol–water partition coefficient (Wildman–Crippen LogP) is 2.79. The van der Waals surface area contributed by atoms with Gasteiger partial charge in [-0.15, -0.1) is 12.4 Å². The summed E-state index contributed by atoms with van der Waals surface area (Å²) in [6.07, 6.45) is 0.845. The molecule has 0 spiro atoms. The van der Waals surface area contributed by atoms with E-state index in [0.29, 0.717) is 35.9 Å². The monoisotopic (exact) mass is 359 g/mol. The highest BCUT2D eigenvalue weighted by molar-refractivity contribution is 6.34. The molecule has 7 heteroatoms. The Balaban J connectivity index is 0.00000264. The maximum absolute atomic E-state index is 12.3. The van der Waals surface area contributed by atoms with Crippen LogP contribution < -0.4 is 10.6 Å². The Morgan fingerprint density at radius 1 is 1.35 bits per heavy atom. The van der Waals surface area contributed by atoms with Gasteiger partial charge in [0.15, 0.2) is 0 Å². The van der Waals surface area contributed by atoms with Gasteiger partial charge in [0.05, 0.1) is 16.5 Å². The molecular formula is C16H23Cl2N3O2. The van der Waals surface area contributed by atoms with Crippen molar-refractivity contribution in [3.8, 4) is 0 Å². The van der Waals surface area contributed by atoms with Gasteiger partial charge in [-0.05, 0) is 45.0 Å². The summed E-state index contributed by atoms with van der Waals surface area (Å²) >= 11 is 6.21. The second-order valence-electron chi connectivity index (χ2n) is 5.35. The van der Waals surface area contributed by atoms with E-state index in [9.17, 15) is 9.59 Å². The number of hydrogen-bond donors (Lipinski definition) is 2. The lowest BCUT2D eigenvalue weighted by Crippen LogP contribution is -2.30. The van der Waals surface area contributed by atoms with Gasteiger partial charge in [-0.3, -0.25) is 9.59 Å². The first-order valence-corrected chi connectivity index (χ1v) is 8.05. The van der Waals surface area contributed by atoms with Crippen molar-refractivity contribution in [3.63, 3.8) is 0 Å². The third kappa shape index (κ3) is 4.83. The minimum absolute atomic E-state index is 0. The lowest BCUT2D eigenvalue weighted by molar-refractivity contribution is -0.119. The van der Waals surface area contributed by atoms with Crippen LogP contribution in [0.2, 0.25) is 5.02 Å². The number of amides is 2. The van der Waals surface area contributed by atoms with Crippen molar-refractivity contribution in [1.82, 2.24) is 10.2 Å². The number of rotatable bonds is 5. The van der Waals surface area contributed by atoms with Crippen molar-refractivity contribution in [2.75, 3.05) is 31.5 Å².